The number of benzene rings is 1. The van der Waals surface area contributed by atoms with E-state index in [9.17, 15) is 14.9 Å². The number of alkyl halides is 2. The zero-order valence-corrected chi connectivity index (χ0v) is 21.8. The second-order valence-electron chi connectivity index (χ2n) is 8.33. The monoisotopic (exact) mass is 542 g/mol. The van der Waals surface area contributed by atoms with Crippen molar-refractivity contribution >= 4 is 17.4 Å². The molecule has 0 saturated heterocycles. The lowest BCUT2D eigenvalue weighted by atomic mass is 10.1. The molecule has 2 aromatic heterocycles. The first-order valence-electron chi connectivity index (χ1n) is 11.5. The molecule has 8 nitrogen and oxygen atoms in total. The molecule has 11 heteroatoms. The average molecular weight is 543 g/mol. The molecule has 0 amide bonds. The molecule has 0 bridgehead atoms. The quantitative estimate of drug-likeness (QED) is 0.266. The largest absolute Gasteiger partial charge is 0.494 e. The molecule has 1 aromatic carbocycles. The van der Waals surface area contributed by atoms with Gasteiger partial charge in [0.15, 0.2) is 5.69 Å². The van der Waals surface area contributed by atoms with E-state index in [2.05, 4.69) is 23.1 Å². The van der Waals surface area contributed by atoms with Crippen LogP contribution in [0.4, 0.5) is 8.78 Å². The SMILES string of the molecule is C=C(OCC)c1cc(Cn2cnc(C(F)(F)C(=C)C)c(Oc3cc(Cl)cc(C#N)c3)c2=O)c(CC)[nH]c1=O. The standard InChI is InChI=1S/C27H25ClF2N4O4/c1-6-22-18(10-21(25(35)33-22)16(5)37-7-2)13-34-14-32-24(27(29,30)15(3)4)23(26(34)36)38-20-9-17(12-31)8-19(28)11-20/h8-11,14H,3,5-7,13H2,1-2,4H3,(H,33,35). The van der Waals surface area contributed by atoms with E-state index < -0.39 is 34.1 Å². The van der Waals surface area contributed by atoms with E-state index in [1.54, 1.807) is 6.92 Å². The van der Waals surface area contributed by atoms with E-state index in [-0.39, 0.29) is 34.2 Å². The van der Waals surface area contributed by atoms with E-state index in [0.717, 1.165) is 17.8 Å². The van der Waals surface area contributed by atoms with Crippen molar-refractivity contribution in [1.82, 2.24) is 14.5 Å². The predicted molar refractivity (Wildman–Crippen MR) is 140 cm³/mol. The summed E-state index contributed by atoms with van der Waals surface area (Å²) in [7, 11) is 0. The molecule has 38 heavy (non-hydrogen) atoms. The van der Waals surface area contributed by atoms with Crippen LogP contribution < -0.4 is 15.9 Å². The number of nitrogens with zero attached hydrogens (tertiary/aromatic N) is 3. The Hall–Kier alpha value is -4.23. The van der Waals surface area contributed by atoms with Gasteiger partial charge in [0.25, 0.3) is 11.1 Å². The molecule has 2 heterocycles. The van der Waals surface area contributed by atoms with Crippen LogP contribution in [-0.4, -0.2) is 21.1 Å². The van der Waals surface area contributed by atoms with Gasteiger partial charge in [-0.1, -0.05) is 31.7 Å². The fourth-order valence-electron chi connectivity index (χ4n) is 3.62. The van der Waals surface area contributed by atoms with Gasteiger partial charge in [0.2, 0.25) is 5.75 Å². The van der Waals surface area contributed by atoms with E-state index in [0.29, 0.717) is 24.3 Å². The van der Waals surface area contributed by atoms with E-state index in [1.165, 1.54) is 24.3 Å². The number of nitrogens with one attached hydrogen (secondary N) is 1. The third-order valence-electron chi connectivity index (χ3n) is 5.58. The second-order valence-corrected chi connectivity index (χ2v) is 8.76. The van der Waals surface area contributed by atoms with Crippen LogP contribution in [0.25, 0.3) is 5.76 Å². The molecule has 3 aromatic rings. The summed E-state index contributed by atoms with van der Waals surface area (Å²) in [6.07, 6.45) is 1.39. The summed E-state index contributed by atoms with van der Waals surface area (Å²) in [5.41, 5.74) is -1.50. The highest BCUT2D eigenvalue weighted by Crippen LogP contribution is 2.38. The highest BCUT2D eigenvalue weighted by atomic mass is 35.5. The smallest absolute Gasteiger partial charge is 0.314 e. The van der Waals surface area contributed by atoms with Crippen molar-refractivity contribution < 1.29 is 18.3 Å². The van der Waals surface area contributed by atoms with Gasteiger partial charge in [-0.05, 0) is 55.7 Å². The number of aryl methyl sites for hydroxylation is 1. The lowest BCUT2D eigenvalue weighted by Crippen LogP contribution is -2.29. The van der Waals surface area contributed by atoms with Gasteiger partial charge in [-0.15, -0.1) is 0 Å². The Balaban J connectivity index is 2.19. The Morgan fingerprint density at radius 1 is 1.24 bits per heavy atom. The molecule has 0 aliphatic carbocycles. The number of H-pyrrole nitrogens is 1. The number of rotatable bonds is 10. The number of ether oxygens (including phenoxy) is 2. The Morgan fingerprint density at radius 2 is 1.95 bits per heavy atom. The molecule has 0 aliphatic rings. The first-order chi connectivity index (χ1) is 17.9. The number of hydrogen-bond acceptors (Lipinski definition) is 6. The Morgan fingerprint density at radius 3 is 2.55 bits per heavy atom. The number of hydrogen-bond donors (Lipinski definition) is 1. The average Bonchev–Trinajstić information content (AvgIpc) is 2.86. The minimum absolute atomic E-state index is 0.0990. The molecule has 0 aliphatic heterocycles. The lowest BCUT2D eigenvalue weighted by Gasteiger charge is -2.20. The van der Waals surface area contributed by atoms with Gasteiger partial charge >= 0.3 is 5.92 Å². The molecule has 0 atom stereocenters. The molecule has 198 valence electrons. The molecule has 3 rings (SSSR count). The zero-order valence-electron chi connectivity index (χ0n) is 21.0. The van der Waals surface area contributed by atoms with Crippen LogP contribution in [0, 0.1) is 11.3 Å². The first-order valence-corrected chi connectivity index (χ1v) is 11.9. The van der Waals surface area contributed by atoms with E-state index in [4.69, 9.17) is 21.1 Å². The highest BCUT2D eigenvalue weighted by molar-refractivity contribution is 6.30. The number of allylic oxidation sites excluding steroid dienone is 1. The van der Waals surface area contributed by atoms with Crippen molar-refractivity contribution in [3.05, 3.63) is 103 Å². The maximum Gasteiger partial charge on any atom is 0.314 e. The van der Waals surface area contributed by atoms with Crippen LogP contribution >= 0.6 is 11.6 Å². The second kappa shape index (κ2) is 11.4. The van der Waals surface area contributed by atoms with Gasteiger partial charge in [-0.25, -0.2) is 4.98 Å². The summed E-state index contributed by atoms with van der Waals surface area (Å²) in [6, 6.07) is 7.32. The fourth-order valence-corrected chi connectivity index (χ4v) is 3.84. The van der Waals surface area contributed by atoms with Gasteiger partial charge in [0, 0.05) is 10.7 Å². The van der Waals surface area contributed by atoms with Crippen molar-refractivity contribution in [2.75, 3.05) is 6.61 Å². The highest BCUT2D eigenvalue weighted by Gasteiger charge is 2.39. The Kier molecular flexibility index (Phi) is 8.53. The van der Waals surface area contributed by atoms with Gasteiger partial charge in [0.1, 0.15) is 11.5 Å². The molecule has 0 fully saturated rings. The molecule has 0 radical (unpaired) electrons. The maximum atomic E-state index is 15.1. The minimum atomic E-state index is -3.70. The van der Waals surface area contributed by atoms with Gasteiger partial charge in [-0.2, -0.15) is 14.0 Å². The summed E-state index contributed by atoms with van der Waals surface area (Å²) in [5.74, 6) is -4.40. The van der Waals surface area contributed by atoms with Crippen molar-refractivity contribution in [2.24, 2.45) is 0 Å². The third-order valence-corrected chi connectivity index (χ3v) is 5.80. The topological polar surface area (TPSA) is 110 Å². The summed E-state index contributed by atoms with van der Waals surface area (Å²) < 4.78 is 42.1. The molecule has 0 spiro atoms. The first kappa shape index (κ1) is 28.3. The van der Waals surface area contributed by atoms with Crippen molar-refractivity contribution in [3.8, 4) is 17.6 Å². The summed E-state index contributed by atoms with van der Waals surface area (Å²) in [6.45, 7) is 11.9. The van der Waals surface area contributed by atoms with Crippen molar-refractivity contribution in [1.29, 1.82) is 5.26 Å². The third kappa shape index (κ3) is 5.84. The molecule has 0 saturated carbocycles. The number of pyridine rings is 1. The van der Waals surface area contributed by atoms with E-state index >= 15 is 8.78 Å². The van der Waals surface area contributed by atoms with Gasteiger partial charge in [-0.3, -0.25) is 14.2 Å². The normalized spacial score (nSPS) is 11.1. The Labute approximate surface area is 222 Å². The summed E-state index contributed by atoms with van der Waals surface area (Å²) >= 11 is 6.02. The number of nitriles is 1. The predicted octanol–water partition coefficient (Wildman–Crippen LogP) is 5.53. The van der Waals surface area contributed by atoms with Crippen LogP contribution in [0.1, 0.15) is 48.8 Å². The van der Waals surface area contributed by atoms with Gasteiger partial charge < -0.3 is 14.5 Å². The molecule has 1 N–H and O–H groups in total. The summed E-state index contributed by atoms with van der Waals surface area (Å²) in [5, 5.41) is 9.33. The lowest BCUT2D eigenvalue weighted by molar-refractivity contribution is 0.0309. The fraction of sp³-hybridized carbons (Fsp3) is 0.259. The van der Waals surface area contributed by atoms with Crippen molar-refractivity contribution in [3.63, 3.8) is 0 Å². The zero-order chi connectivity index (χ0) is 28.2. The minimum Gasteiger partial charge on any atom is -0.494 e. The van der Waals surface area contributed by atoms with Crippen LogP contribution in [0.15, 0.2) is 58.9 Å². The maximum absolute atomic E-state index is 15.1. The van der Waals surface area contributed by atoms with Crippen molar-refractivity contribution in [2.45, 2.75) is 39.7 Å². The van der Waals surface area contributed by atoms with Crippen LogP contribution in [0.2, 0.25) is 5.02 Å². The molecular weight excluding hydrogens is 518 g/mol. The molecular formula is C27H25ClF2N4O4. The summed E-state index contributed by atoms with van der Waals surface area (Å²) in [4.78, 5) is 32.7. The number of aromatic amines is 1. The number of halogens is 3. The van der Waals surface area contributed by atoms with Crippen LogP contribution in [0.5, 0.6) is 11.5 Å². The van der Waals surface area contributed by atoms with Crippen LogP contribution in [-0.2, 0) is 23.6 Å². The van der Waals surface area contributed by atoms with Gasteiger partial charge in [0.05, 0.1) is 36.7 Å². The van der Waals surface area contributed by atoms with E-state index in [1.807, 2.05) is 13.0 Å². The molecule has 0 unspecified atom stereocenters. The number of aromatic nitrogens is 3. The van der Waals surface area contributed by atoms with Crippen LogP contribution in [0.3, 0.4) is 0 Å². The Bertz CT molecular complexity index is 1570.